The van der Waals surface area contributed by atoms with Gasteiger partial charge in [0, 0.05) is 0 Å². The molecule has 0 saturated carbocycles. The van der Waals surface area contributed by atoms with Gasteiger partial charge in [-0.05, 0) is 55.5 Å². The van der Waals surface area contributed by atoms with E-state index in [2.05, 4.69) is 10.1 Å². The Balaban J connectivity index is 1.45. The minimum atomic E-state index is -0.921. The fourth-order valence-electron chi connectivity index (χ4n) is 3.12. The molecule has 0 amide bonds. The predicted octanol–water partition coefficient (Wildman–Crippen LogP) is 2.56. The van der Waals surface area contributed by atoms with E-state index < -0.39 is 6.10 Å². The molecule has 0 radical (unpaired) electrons. The molecule has 2 aromatic carbocycles. The second-order valence-electron chi connectivity index (χ2n) is 6.84. The lowest BCUT2D eigenvalue weighted by molar-refractivity contribution is 0.0914. The summed E-state index contributed by atoms with van der Waals surface area (Å²) in [5.74, 6) is 0.962. The average molecular weight is 424 g/mol. The predicted molar refractivity (Wildman–Crippen MR) is 112 cm³/mol. The van der Waals surface area contributed by atoms with Gasteiger partial charge in [0.15, 0.2) is 5.65 Å². The molecule has 0 aliphatic carbocycles. The molecule has 4 rings (SSSR count). The number of rotatable bonds is 8. The number of hydrogen-bond donors (Lipinski definition) is 1. The molecule has 8 nitrogen and oxygen atoms in total. The number of nitrogens with zero attached hydrogens (tertiary/aromatic N) is 4. The summed E-state index contributed by atoms with van der Waals surface area (Å²) < 4.78 is 26.9. The molecule has 160 valence electrons. The van der Waals surface area contributed by atoms with Crippen molar-refractivity contribution >= 4 is 11.0 Å². The van der Waals surface area contributed by atoms with Crippen LogP contribution in [0.15, 0.2) is 65.8 Å². The van der Waals surface area contributed by atoms with E-state index in [1.807, 2.05) is 6.92 Å². The summed E-state index contributed by atoms with van der Waals surface area (Å²) in [4.78, 5) is 17.1. The van der Waals surface area contributed by atoms with Crippen molar-refractivity contribution in [3.05, 3.63) is 77.2 Å². The van der Waals surface area contributed by atoms with Gasteiger partial charge in [0.1, 0.15) is 41.7 Å². The third-order valence-electron chi connectivity index (χ3n) is 4.61. The minimum Gasteiger partial charge on any atom is -0.494 e. The average Bonchev–Trinajstić information content (AvgIpc) is 3.21. The topological polar surface area (TPSA) is 91.4 Å². The molecule has 0 bridgehead atoms. The highest BCUT2D eigenvalue weighted by Crippen LogP contribution is 2.18. The van der Waals surface area contributed by atoms with Crippen LogP contribution in [0.3, 0.4) is 0 Å². The summed E-state index contributed by atoms with van der Waals surface area (Å²) in [6.07, 6.45) is 1.84. The van der Waals surface area contributed by atoms with E-state index in [-0.39, 0.29) is 24.5 Å². The number of fused-ring (bicyclic) bond motifs is 1. The number of aromatic nitrogens is 4. The van der Waals surface area contributed by atoms with E-state index in [4.69, 9.17) is 9.47 Å². The van der Waals surface area contributed by atoms with Crippen molar-refractivity contribution in [3.8, 4) is 17.2 Å². The molecule has 1 N–H and O–H groups in total. The zero-order chi connectivity index (χ0) is 21.8. The zero-order valence-corrected chi connectivity index (χ0v) is 16.8. The molecule has 9 heteroatoms. The van der Waals surface area contributed by atoms with Crippen LogP contribution in [-0.4, -0.2) is 43.8 Å². The molecule has 1 atom stereocenters. The first-order valence-corrected chi connectivity index (χ1v) is 9.78. The second-order valence-corrected chi connectivity index (χ2v) is 6.84. The normalized spacial score (nSPS) is 12.1. The maximum Gasteiger partial charge on any atom is 0.264 e. The molecular formula is C22H21FN4O4. The number of aliphatic hydroxyl groups excluding tert-OH is 1. The summed E-state index contributed by atoms with van der Waals surface area (Å²) in [6.45, 7) is 2.51. The molecule has 2 aromatic heterocycles. The van der Waals surface area contributed by atoms with Crippen molar-refractivity contribution < 1.29 is 19.0 Å². The SMILES string of the molecule is CCOc1ccc(OC[C@H](O)Cn2cnc3c(cnn3-c3ccc(F)cc3)c2=O)cc1. The van der Waals surface area contributed by atoms with Crippen molar-refractivity contribution in [1.29, 1.82) is 0 Å². The van der Waals surface area contributed by atoms with E-state index in [1.165, 1.54) is 33.9 Å². The van der Waals surface area contributed by atoms with Crippen LogP contribution in [-0.2, 0) is 6.54 Å². The summed E-state index contributed by atoms with van der Waals surface area (Å²) in [5.41, 5.74) is 0.608. The van der Waals surface area contributed by atoms with Crippen LogP contribution in [0.25, 0.3) is 16.7 Å². The summed E-state index contributed by atoms with van der Waals surface area (Å²) in [6, 6.07) is 12.8. The maximum absolute atomic E-state index is 13.2. The lowest BCUT2D eigenvalue weighted by Gasteiger charge is -2.14. The fraction of sp³-hybridized carbons (Fsp3) is 0.227. The molecule has 4 aromatic rings. The molecule has 2 heterocycles. The highest BCUT2D eigenvalue weighted by molar-refractivity contribution is 5.74. The smallest absolute Gasteiger partial charge is 0.264 e. The van der Waals surface area contributed by atoms with E-state index in [0.717, 1.165) is 5.75 Å². The van der Waals surface area contributed by atoms with Gasteiger partial charge in [-0.1, -0.05) is 0 Å². The third kappa shape index (κ3) is 4.56. The number of halogens is 1. The van der Waals surface area contributed by atoms with Crippen LogP contribution >= 0.6 is 0 Å². The van der Waals surface area contributed by atoms with Gasteiger partial charge in [-0.25, -0.2) is 14.1 Å². The Kier molecular flexibility index (Phi) is 5.94. The number of aliphatic hydroxyl groups is 1. The molecule has 0 saturated heterocycles. The lowest BCUT2D eigenvalue weighted by atomic mass is 10.3. The van der Waals surface area contributed by atoms with Crippen molar-refractivity contribution in [2.24, 2.45) is 0 Å². The first-order valence-electron chi connectivity index (χ1n) is 9.78. The van der Waals surface area contributed by atoms with Crippen LogP contribution in [0.1, 0.15) is 6.92 Å². The highest BCUT2D eigenvalue weighted by atomic mass is 19.1. The standard InChI is InChI=1S/C22H21FN4O4/c1-2-30-18-7-9-19(10-8-18)31-13-17(28)12-26-14-24-21-20(22(26)29)11-25-27(21)16-5-3-15(23)4-6-16/h3-11,14,17,28H,2,12-13H2,1H3/t17-/m1/s1. The van der Waals surface area contributed by atoms with Crippen LogP contribution in [0, 0.1) is 5.82 Å². The van der Waals surface area contributed by atoms with Gasteiger partial charge in [-0.3, -0.25) is 9.36 Å². The van der Waals surface area contributed by atoms with Crippen LogP contribution in [0.2, 0.25) is 0 Å². The lowest BCUT2D eigenvalue weighted by Crippen LogP contribution is -2.30. The monoisotopic (exact) mass is 424 g/mol. The largest absolute Gasteiger partial charge is 0.494 e. The molecule has 0 unspecified atom stereocenters. The van der Waals surface area contributed by atoms with E-state index in [0.29, 0.717) is 29.1 Å². The van der Waals surface area contributed by atoms with E-state index in [1.54, 1.807) is 36.4 Å². The first-order chi connectivity index (χ1) is 15.0. The Hall–Kier alpha value is -3.72. The van der Waals surface area contributed by atoms with E-state index >= 15 is 0 Å². The van der Waals surface area contributed by atoms with Crippen molar-refractivity contribution in [2.75, 3.05) is 13.2 Å². The van der Waals surface area contributed by atoms with Gasteiger partial charge in [-0.2, -0.15) is 5.10 Å². The summed E-state index contributed by atoms with van der Waals surface area (Å²) in [5, 5.41) is 14.8. The number of hydrogen-bond acceptors (Lipinski definition) is 6. The highest BCUT2D eigenvalue weighted by Gasteiger charge is 2.14. The van der Waals surface area contributed by atoms with Crippen LogP contribution in [0.4, 0.5) is 4.39 Å². The van der Waals surface area contributed by atoms with Crippen molar-refractivity contribution in [3.63, 3.8) is 0 Å². The van der Waals surface area contributed by atoms with Gasteiger partial charge >= 0.3 is 0 Å². The van der Waals surface area contributed by atoms with Gasteiger partial charge < -0.3 is 14.6 Å². The Bertz CT molecular complexity index is 1220. The zero-order valence-electron chi connectivity index (χ0n) is 16.8. The number of benzene rings is 2. The summed E-state index contributed by atoms with van der Waals surface area (Å²) in [7, 11) is 0. The fourth-order valence-corrected chi connectivity index (χ4v) is 3.12. The molecule has 0 aliphatic rings. The van der Waals surface area contributed by atoms with Crippen molar-refractivity contribution in [2.45, 2.75) is 19.6 Å². The maximum atomic E-state index is 13.2. The van der Waals surface area contributed by atoms with Crippen LogP contribution < -0.4 is 15.0 Å². The molecule has 31 heavy (non-hydrogen) atoms. The minimum absolute atomic E-state index is 0.00724. The van der Waals surface area contributed by atoms with E-state index in [9.17, 15) is 14.3 Å². The molecule has 0 spiro atoms. The van der Waals surface area contributed by atoms with Gasteiger partial charge in [-0.15, -0.1) is 0 Å². The molecule has 0 aliphatic heterocycles. The van der Waals surface area contributed by atoms with Crippen LogP contribution in [0.5, 0.6) is 11.5 Å². The van der Waals surface area contributed by atoms with Crippen molar-refractivity contribution in [1.82, 2.24) is 19.3 Å². The Morgan fingerprint density at radius 1 is 1.06 bits per heavy atom. The molecule has 0 fully saturated rings. The Morgan fingerprint density at radius 3 is 2.42 bits per heavy atom. The molecular weight excluding hydrogens is 403 g/mol. The van der Waals surface area contributed by atoms with Gasteiger partial charge in [0.25, 0.3) is 5.56 Å². The Labute approximate surface area is 177 Å². The Morgan fingerprint density at radius 2 is 1.74 bits per heavy atom. The van der Waals surface area contributed by atoms with Gasteiger partial charge in [0.2, 0.25) is 0 Å². The van der Waals surface area contributed by atoms with Gasteiger partial charge in [0.05, 0.1) is 25.0 Å². The third-order valence-corrected chi connectivity index (χ3v) is 4.61. The number of ether oxygens (including phenoxy) is 2. The first kappa shape index (κ1) is 20.5. The quantitative estimate of drug-likeness (QED) is 0.468. The summed E-state index contributed by atoms with van der Waals surface area (Å²) >= 11 is 0. The second kappa shape index (κ2) is 8.97.